The summed E-state index contributed by atoms with van der Waals surface area (Å²) in [4.78, 5) is 10.0. The van der Waals surface area contributed by atoms with Gasteiger partial charge in [-0.25, -0.2) is 4.79 Å². The molecule has 11 heavy (non-hydrogen) atoms. The molecular formula is C6H12O3S2. The fraction of sp³-hybridized carbons (Fsp3) is 0.833. The Balaban J connectivity index is 3.63. The Hall–Kier alpha value is -0.0300. The fourth-order valence-corrected chi connectivity index (χ4v) is 2.54. The quantitative estimate of drug-likeness (QED) is 0.553. The van der Waals surface area contributed by atoms with Gasteiger partial charge in [-0.15, -0.1) is 0 Å². The molecule has 1 N–H and O–H groups in total. The Morgan fingerprint density at radius 3 is 2.55 bits per heavy atom. The minimum absolute atomic E-state index is 0.141. The van der Waals surface area contributed by atoms with E-state index in [0.29, 0.717) is 0 Å². The van der Waals surface area contributed by atoms with Crippen LogP contribution in [-0.4, -0.2) is 28.9 Å². The summed E-state index contributed by atoms with van der Waals surface area (Å²) >= 11 is 0. The van der Waals surface area contributed by atoms with Crippen LogP contribution in [-0.2, 0) is 4.74 Å². The monoisotopic (exact) mass is 196 g/mol. The van der Waals surface area contributed by atoms with Gasteiger partial charge in [-0.3, -0.25) is 0 Å². The van der Waals surface area contributed by atoms with Gasteiger partial charge in [0.1, 0.15) is 6.61 Å². The summed E-state index contributed by atoms with van der Waals surface area (Å²) in [5, 5.41) is 8.21. The summed E-state index contributed by atoms with van der Waals surface area (Å²) in [5.41, 5.74) is 0. The zero-order valence-electron chi connectivity index (χ0n) is 6.79. The summed E-state index contributed by atoms with van der Waals surface area (Å²) in [6, 6.07) is 0. The van der Waals surface area contributed by atoms with Gasteiger partial charge in [-0.05, 0) is 20.1 Å². The van der Waals surface area contributed by atoms with E-state index < -0.39 is 6.16 Å². The van der Waals surface area contributed by atoms with Crippen LogP contribution in [0.4, 0.5) is 4.79 Å². The Morgan fingerprint density at radius 1 is 1.64 bits per heavy atom. The highest BCUT2D eigenvalue weighted by Crippen LogP contribution is 2.33. The van der Waals surface area contributed by atoms with Crippen LogP contribution in [0.5, 0.6) is 0 Å². The summed E-state index contributed by atoms with van der Waals surface area (Å²) in [6.07, 6.45) is 0.743. The number of hydrogen-bond donors (Lipinski definition) is 1. The first kappa shape index (κ1) is 11.0. The molecule has 0 aromatic rings. The molecule has 0 atom stereocenters. The van der Waals surface area contributed by atoms with E-state index >= 15 is 0 Å². The second-order valence-electron chi connectivity index (χ2n) is 2.56. The second kappa shape index (κ2) is 4.77. The van der Waals surface area contributed by atoms with E-state index in [2.05, 4.69) is 4.74 Å². The molecule has 0 aliphatic rings. The Kier molecular flexibility index (Phi) is 4.76. The first-order valence-electron chi connectivity index (χ1n) is 3.05. The van der Waals surface area contributed by atoms with Gasteiger partial charge in [0.05, 0.1) is 4.75 Å². The van der Waals surface area contributed by atoms with Gasteiger partial charge in [0.2, 0.25) is 0 Å². The Morgan fingerprint density at radius 2 is 2.18 bits per heavy atom. The molecule has 0 spiro atoms. The van der Waals surface area contributed by atoms with Crippen molar-refractivity contribution < 1.29 is 14.6 Å². The number of ether oxygens (including phenoxy) is 1. The maximum Gasteiger partial charge on any atom is 0.505 e. The molecule has 3 nitrogen and oxygen atoms in total. The zero-order valence-corrected chi connectivity index (χ0v) is 8.42. The van der Waals surface area contributed by atoms with E-state index in [1.54, 1.807) is 21.6 Å². The van der Waals surface area contributed by atoms with E-state index in [4.69, 9.17) is 5.11 Å². The number of carboxylic acid groups (broad SMARTS) is 1. The average Bonchev–Trinajstić information content (AvgIpc) is 1.84. The van der Waals surface area contributed by atoms with Gasteiger partial charge in [0.25, 0.3) is 0 Å². The van der Waals surface area contributed by atoms with Crippen LogP contribution in [0.2, 0.25) is 0 Å². The average molecular weight is 196 g/mol. The predicted molar refractivity (Wildman–Crippen MR) is 49.2 cm³/mol. The molecule has 66 valence electrons. The first-order valence-corrected chi connectivity index (χ1v) is 5.61. The minimum atomic E-state index is -1.21. The Labute approximate surface area is 74.3 Å². The number of carbonyl (C=O) groups is 1. The molecule has 0 aliphatic heterocycles. The van der Waals surface area contributed by atoms with Gasteiger partial charge < -0.3 is 9.84 Å². The summed E-state index contributed by atoms with van der Waals surface area (Å²) < 4.78 is 4.30. The van der Waals surface area contributed by atoms with Crippen LogP contribution in [0.1, 0.15) is 13.8 Å². The van der Waals surface area contributed by atoms with Crippen molar-refractivity contribution in [2.24, 2.45) is 0 Å². The molecule has 0 aromatic heterocycles. The summed E-state index contributed by atoms with van der Waals surface area (Å²) in [5.74, 6) is 0. The van der Waals surface area contributed by atoms with E-state index in [9.17, 15) is 4.79 Å². The lowest BCUT2D eigenvalue weighted by atomic mass is 10.2. The van der Waals surface area contributed by atoms with Gasteiger partial charge in [-0.1, -0.05) is 21.6 Å². The van der Waals surface area contributed by atoms with Crippen LogP contribution < -0.4 is 0 Å². The van der Waals surface area contributed by atoms with E-state index in [1.807, 2.05) is 20.1 Å². The second-order valence-corrected chi connectivity index (χ2v) is 5.67. The molecule has 0 heterocycles. The number of rotatable bonds is 4. The molecule has 0 saturated heterocycles. The van der Waals surface area contributed by atoms with Gasteiger partial charge in [-0.2, -0.15) is 0 Å². The maximum absolute atomic E-state index is 10.0. The van der Waals surface area contributed by atoms with Crippen molar-refractivity contribution in [2.45, 2.75) is 18.6 Å². The smallest absolute Gasteiger partial charge is 0.450 e. The van der Waals surface area contributed by atoms with E-state index in [0.717, 1.165) is 0 Å². The summed E-state index contributed by atoms with van der Waals surface area (Å²) in [7, 11) is 3.21. The molecule has 0 radical (unpaired) electrons. The van der Waals surface area contributed by atoms with Crippen molar-refractivity contribution in [1.82, 2.24) is 0 Å². The van der Waals surface area contributed by atoms with Crippen LogP contribution in [0.15, 0.2) is 0 Å². The third-order valence-electron chi connectivity index (χ3n) is 0.852. The van der Waals surface area contributed by atoms with Crippen molar-refractivity contribution in [3.8, 4) is 0 Å². The lowest BCUT2D eigenvalue weighted by molar-refractivity contribution is 0.0857. The topological polar surface area (TPSA) is 46.5 Å². The highest BCUT2D eigenvalue weighted by molar-refractivity contribution is 8.76. The lowest BCUT2D eigenvalue weighted by Crippen LogP contribution is -2.23. The Bertz CT molecular complexity index is 136. The van der Waals surface area contributed by atoms with Crippen molar-refractivity contribution in [2.75, 3.05) is 12.9 Å². The normalized spacial score (nSPS) is 11.2. The van der Waals surface area contributed by atoms with E-state index in [1.165, 1.54) is 0 Å². The molecular weight excluding hydrogens is 184 g/mol. The van der Waals surface area contributed by atoms with Crippen LogP contribution >= 0.6 is 21.6 Å². The molecule has 0 unspecified atom stereocenters. The summed E-state index contributed by atoms with van der Waals surface area (Å²) in [6.45, 7) is 4.11. The van der Waals surface area contributed by atoms with Gasteiger partial charge in [0, 0.05) is 0 Å². The third-order valence-corrected chi connectivity index (χ3v) is 3.44. The lowest BCUT2D eigenvalue weighted by Gasteiger charge is -2.20. The molecule has 0 aliphatic carbocycles. The van der Waals surface area contributed by atoms with Crippen LogP contribution in [0.3, 0.4) is 0 Å². The van der Waals surface area contributed by atoms with Crippen molar-refractivity contribution in [3.63, 3.8) is 0 Å². The van der Waals surface area contributed by atoms with Crippen molar-refractivity contribution >= 4 is 27.7 Å². The molecule has 0 bridgehead atoms. The predicted octanol–water partition coefficient (Wildman–Crippen LogP) is 2.47. The van der Waals surface area contributed by atoms with Gasteiger partial charge in [0.15, 0.2) is 0 Å². The first-order chi connectivity index (χ1) is 4.98. The molecule has 0 rings (SSSR count). The molecule has 0 amide bonds. The molecule has 0 aromatic carbocycles. The SMILES string of the molecule is CSSC(C)(C)COC(=O)O. The van der Waals surface area contributed by atoms with Crippen LogP contribution in [0, 0.1) is 0 Å². The highest BCUT2D eigenvalue weighted by atomic mass is 33.1. The van der Waals surface area contributed by atoms with Crippen LogP contribution in [0.25, 0.3) is 0 Å². The minimum Gasteiger partial charge on any atom is -0.450 e. The molecule has 0 saturated carbocycles. The largest absolute Gasteiger partial charge is 0.505 e. The standard InChI is InChI=1S/C6H12O3S2/c1-6(2,11-10-3)4-9-5(7)8/h4H2,1-3H3,(H,7,8). The zero-order chi connectivity index (χ0) is 8.91. The fourth-order valence-electron chi connectivity index (χ4n) is 0.485. The molecule has 0 fully saturated rings. The van der Waals surface area contributed by atoms with Gasteiger partial charge >= 0.3 is 6.16 Å². The maximum atomic E-state index is 10.0. The molecule has 5 heteroatoms. The highest BCUT2D eigenvalue weighted by Gasteiger charge is 2.20. The van der Waals surface area contributed by atoms with E-state index in [-0.39, 0.29) is 11.4 Å². The number of hydrogen-bond acceptors (Lipinski definition) is 4. The van der Waals surface area contributed by atoms with Crippen molar-refractivity contribution in [1.29, 1.82) is 0 Å². The van der Waals surface area contributed by atoms with Crippen molar-refractivity contribution in [3.05, 3.63) is 0 Å². The third kappa shape index (κ3) is 6.37.